The average Bonchev–Trinajstić information content (AvgIpc) is 3.32. The van der Waals surface area contributed by atoms with Gasteiger partial charge in [-0.3, -0.25) is 5.10 Å². The van der Waals surface area contributed by atoms with Crippen LogP contribution in [0.5, 0.6) is 5.75 Å². The van der Waals surface area contributed by atoms with Gasteiger partial charge in [0, 0.05) is 31.3 Å². The standard InChI is InChI=1S/C22H25F3N6O/c1-31(17-4-2-3-14(9-17)7-8-22(23,24)25)20-13-26-21(30-29-20)18-6-5-15(10-19(18)32)16-11-27-28-12-16/h5-6,10-14,17,32H,2-4,7-9H2,1H3,(H,27,28)/t14-,17-/m0/s1. The van der Waals surface area contributed by atoms with Crippen molar-refractivity contribution in [3.8, 4) is 28.3 Å². The van der Waals surface area contributed by atoms with Crippen LogP contribution in [0.4, 0.5) is 19.0 Å². The van der Waals surface area contributed by atoms with E-state index in [1.165, 1.54) is 0 Å². The molecule has 0 amide bonds. The summed E-state index contributed by atoms with van der Waals surface area (Å²) in [5.41, 5.74) is 2.12. The van der Waals surface area contributed by atoms with Crippen molar-refractivity contribution in [3.63, 3.8) is 0 Å². The number of phenols is 1. The highest BCUT2D eigenvalue weighted by molar-refractivity contribution is 5.72. The Hall–Kier alpha value is -3.17. The zero-order valence-corrected chi connectivity index (χ0v) is 17.7. The molecule has 10 heteroatoms. The molecule has 0 saturated heterocycles. The molecule has 170 valence electrons. The number of hydrogen-bond donors (Lipinski definition) is 2. The maximum Gasteiger partial charge on any atom is 0.389 e. The lowest BCUT2D eigenvalue weighted by Gasteiger charge is -2.35. The molecule has 4 rings (SSSR count). The first kappa shape index (κ1) is 22.0. The number of hydrogen-bond acceptors (Lipinski definition) is 6. The van der Waals surface area contributed by atoms with Crippen molar-refractivity contribution in [1.82, 2.24) is 25.4 Å². The molecule has 2 atom stereocenters. The van der Waals surface area contributed by atoms with Gasteiger partial charge >= 0.3 is 6.18 Å². The molecule has 0 bridgehead atoms. The van der Waals surface area contributed by atoms with Gasteiger partial charge in [0.15, 0.2) is 11.6 Å². The molecule has 2 N–H and O–H groups in total. The fourth-order valence-electron chi connectivity index (χ4n) is 4.29. The highest BCUT2D eigenvalue weighted by atomic mass is 19.4. The number of nitrogens with zero attached hydrogens (tertiary/aromatic N) is 5. The number of phenolic OH excluding ortho intramolecular Hbond substituents is 1. The minimum Gasteiger partial charge on any atom is -0.507 e. The Kier molecular flexibility index (Phi) is 6.29. The second-order valence-electron chi connectivity index (χ2n) is 8.31. The number of rotatable bonds is 6. The predicted molar refractivity (Wildman–Crippen MR) is 114 cm³/mol. The Balaban J connectivity index is 1.43. The Morgan fingerprint density at radius 1 is 1.16 bits per heavy atom. The van der Waals surface area contributed by atoms with Gasteiger partial charge in [0.2, 0.25) is 0 Å². The van der Waals surface area contributed by atoms with Crippen molar-refractivity contribution >= 4 is 5.82 Å². The summed E-state index contributed by atoms with van der Waals surface area (Å²) in [7, 11) is 1.87. The number of aromatic hydroxyl groups is 1. The van der Waals surface area contributed by atoms with E-state index in [0.717, 1.165) is 30.4 Å². The average molecular weight is 446 g/mol. The van der Waals surface area contributed by atoms with Gasteiger partial charge in [-0.1, -0.05) is 18.9 Å². The lowest BCUT2D eigenvalue weighted by atomic mass is 9.82. The van der Waals surface area contributed by atoms with E-state index < -0.39 is 12.6 Å². The molecule has 1 aliphatic carbocycles. The normalized spacial score (nSPS) is 19.1. The van der Waals surface area contributed by atoms with Crippen LogP contribution in [0.25, 0.3) is 22.5 Å². The third-order valence-electron chi connectivity index (χ3n) is 6.12. The number of alkyl halides is 3. The quantitative estimate of drug-likeness (QED) is 0.556. The second-order valence-corrected chi connectivity index (χ2v) is 8.31. The van der Waals surface area contributed by atoms with Crippen LogP contribution in [0.2, 0.25) is 0 Å². The minimum atomic E-state index is -4.10. The van der Waals surface area contributed by atoms with E-state index in [2.05, 4.69) is 25.4 Å². The van der Waals surface area contributed by atoms with E-state index in [-0.39, 0.29) is 24.1 Å². The monoisotopic (exact) mass is 446 g/mol. The van der Waals surface area contributed by atoms with Crippen molar-refractivity contribution in [3.05, 3.63) is 36.8 Å². The van der Waals surface area contributed by atoms with Gasteiger partial charge in [0.05, 0.1) is 18.0 Å². The molecular weight excluding hydrogens is 421 g/mol. The number of anilines is 1. The van der Waals surface area contributed by atoms with E-state index in [1.807, 2.05) is 18.0 Å². The van der Waals surface area contributed by atoms with Crippen molar-refractivity contribution in [2.45, 2.75) is 50.7 Å². The number of halogens is 3. The minimum absolute atomic E-state index is 0.0337. The lowest BCUT2D eigenvalue weighted by Crippen LogP contribution is -2.37. The van der Waals surface area contributed by atoms with Crippen LogP contribution in [0.3, 0.4) is 0 Å². The zero-order valence-electron chi connectivity index (χ0n) is 17.7. The SMILES string of the molecule is CN(c1cnc(-c2ccc(-c3cn[nH]c3)cc2O)nn1)[C@H]1CCC[C@@H](CCC(F)(F)F)C1. The fraction of sp³-hybridized carbons (Fsp3) is 0.455. The molecule has 0 radical (unpaired) electrons. The summed E-state index contributed by atoms with van der Waals surface area (Å²) in [5.74, 6) is 0.949. The van der Waals surface area contributed by atoms with Crippen LogP contribution in [-0.2, 0) is 0 Å². The lowest BCUT2D eigenvalue weighted by molar-refractivity contribution is -0.138. The summed E-state index contributed by atoms with van der Waals surface area (Å²) in [6, 6.07) is 5.29. The second kappa shape index (κ2) is 9.13. The molecule has 0 unspecified atom stereocenters. The van der Waals surface area contributed by atoms with Gasteiger partial charge in [-0.2, -0.15) is 18.3 Å². The number of benzene rings is 1. The van der Waals surface area contributed by atoms with E-state index in [0.29, 0.717) is 23.6 Å². The Morgan fingerprint density at radius 3 is 2.66 bits per heavy atom. The molecule has 0 aliphatic heterocycles. The molecule has 1 saturated carbocycles. The van der Waals surface area contributed by atoms with E-state index in [1.54, 1.807) is 30.7 Å². The maximum absolute atomic E-state index is 12.6. The molecule has 2 aromatic heterocycles. The Labute approximate surface area is 183 Å². The van der Waals surface area contributed by atoms with Crippen LogP contribution in [0.1, 0.15) is 38.5 Å². The summed E-state index contributed by atoms with van der Waals surface area (Å²) in [4.78, 5) is 6.31. The van der Waals surface area contributed by atoms with Crippen molar-refractivity contribution in [1.29, 1.82) is 0 Å². The molecule has 2 heterocycles. The summed E-state index contributed by atoms with van der Waals surface area (Å²) in [5, 5.41) is 25.5. The summed E-state index contributed by atoms with van der Waals surface area (Å²) in [6.07, 6.45) is 3.65. The topological polar surface area (TPSA) is 90.8 Å². The first-order chi connectivity index (χ1) is 15.3. The molecular formula is C22H25F3N6O. The summed E-state index contributed by atoms with van der Waals surface area (Å²) >= 11 is 0. The first-order valence-electron chi connectivity index (χ1n) is 10.6. The molecule has 3 aromatic rings. The third-order valence-corrected chi connectivity index (χ3v) is 6.12. The van der Waals surface area contributed by atoms with Crippen molar-refractivity contribution in [2.75, 3.05) is 11.9 Å². The summed E-state index contributed by atoms with van der Waals surface area (Å²) < 4.78 is 37.7. The van der Waals surface area contributed by atoms with Crippen LogP contribution >= 0.6 is 0 Å². The Bertz CT molecular complexity index is 1020. The maximum atomic E-state index is 12.6. The van der Waals surface area contributed by atoms with Crippen LogP contribution < -0.4 is 4.90 Å². The van der Waals surface area contributed by atoms with Crippen LogP contribution in [0.15, 0.2) is 36.8 Å². The molecule has 32 heavy (non-hydrogen) atoms. The molecule has 0 spiro atoms. The highest BCUT2D eigenvalue weighted by Gasteiger charge is 2.31. The molecule has 1 fully saturated rings. The molecule has 1 aliphatic rings. The van der Waals surface area contributed by atoms with Gasteiger partial charge in [0.1, 0.15) is 5.75 Å². The van der Waals surface area contributed by atoms with E-state index in [4.69, 9.17) is 0 Å². The molecule has 7 nitrogen and oxygen atoms in total. The van der Waals surface area contributed by atoms with Crippen LogP contribution in [-0.4, -0.2) is 49.8 Å². The van der Waals surface area contributed by atoms with E-state index in [9.17, 15) is 18.3 Å². The highest BCUT2D eigenvalue weighted by Crippen LogP contribution is 2.35. The zero-order chi connectivity index (χ0) is 22.7. The first-order valence-corrected chi connectivity index (χ1v) is 10.6. The van der Waals surface area contributed by atoms with Crippen LogP contribution in [0, 0.1) is 5.92 Å². The number of aromatic amines is 1. The number of aromatic nitrogens is 5. The summed E-state index contributed by atoms with van der Waals surface area (Å²) in [6.45, 7) is 0. The van der Waals surface area contributed by atoms with Gasteiger partial charge in [0.25, 0.3) is 0 Å². The Morgan fingerprint density at radius 2 is 2.00 bits per heavy atom. The van der Waals surface area contributed by atoms with Gasteiger partial charge in [-0.25, -0.2) is 4.98 Å². The number of nitrogens with one attached hydrogen (secondary N) is 1. The third kappa shape index (κ3) is 5.17. The largest absolute Gasteiger partial charge is 0.507 e. The van der Waals surface area contributed by atoms with Crippen molar-refractivity contribution in [2.24, 2.45) is 5.92 Å². The van der Waals surface area contributed by atoms with Gasteiger partial charge in [-0.15, -0.1) is 10.2 Å². The van der Waals surface area contributed by atoms with E-state index >= 15 is 0 Å². The van der Waals surface area contributed by atoms with Crippen molar-refractivity contribution < 1.29 is 18.3 Å². The van der Waals surface area contributed by atoms with Gasteiger partial charge in [-0.05, 0) is 42.9 Å². The smallest absolute Gasteiger partial charge is 0.389 e. The molecule has 1 aromatic carbocycles. The van der Waals surface area contributed by atoms with Gasteiger partial charge < -0.3 is 10.0 Å². The fourth-order valence-corrected chi connectivity index (χ4v) is 4.29. The number of H-pyrrole nitrogens is 1. The predicted octanol–water partition coefficient (Wildman–Crippen LogP) is 4.97.